The van der Waals surface area contributed by atoms with Crippen LogP contribution in [-0.2, 0) is 19.1 Å². The van der Waals surface area contributed by atoms with E-state index in [1.54, 1.807) is 0 Å². The fourth-order valence-electron chi connectivity index (χ4n) is 0.826. The van der Waals surface area contributed by atoms with Crippen molar-refractivity contribution in [3.8, 4) is 0 Å². The molecule has 0 heterocycles. The van der Waals surface area contributed by atoms with E-state index in [1.807, 2.05) is 0 Å². The maximum Gasteiger partial charge on any atom is 0.339 e. The lowest BCUT2D eigenvalue weighted by atomic mass is 9.93. The fraction of sp³-hybridized carbons (Fsp3) is 0.571. The standard InChI is InChI=1S/C7H10O8/c1-15-5(11)4(10)7(14,6(12)13)2-3(8)9/h4,10,14H,2H2,1H3,(H,8,9)(H,12,13)/t4-,7+/m1/s1. The van der Waals surface area contributed by atoms with Gasteiger partial charge in [0.1, 0.15) is 0 Å². The van der Waals surface area contributed by atoms with Gasteiger partial charge >= 0.3 is 17.9 Å². The van der Waals surface area contributed by atoms with E-state index in [2.05, 4.69) is 4.74 Å². The SMILES string of the molecule is COC(=O)[C@@H](O)[C@@](O)(CC(=O)O)C(=O)O. The molecule has 0 unspecified atom stereocenters. The highest BCUT2D eigenvalue weighted by molar-refractivity contribution is 5.91. The van der Waals surface area contributed by atoms with Crippen molar-refractivity contribution in [1.29, 1.82) is 0 Å². The molecule has 0 rings (SSSR count). The number of aliphatic hydroxyl groups is 2. The third-order valence-corrected chi connectivity index (χ3v) is 1.67. The van der Waals surface area contributed by atoms with Crippen molar-refractivity contribution in [2.24, 2.45) is 0 Å². The number of hydrogen-bond donors (Lipinski definition) is 4. The second-order valence-corrected chi connectivity index (χ2v) is 2.73. The fourth-order valence-corrected chi connectivity index (χ4v) is 0.826. The smallest absolute Gasteiger partial charge is 0.339 e. The van der Waals surface area contributed by atoms with Gasteiger partial charge in [-0.15, -0.1) is 0 Å². The van der Waals surface area contributed by atoms with E-state index in [0.29, 0.717) is 0 Å². The van der Waals surface area contributed by atoms with E-state index in [9.17, 15) is 19.5 Å². The van der Waals surface area contributed by atoms with Gasteiger partial charge in [0.05, 0.1) is 13.5 Å². The molecule has 0 aliphatic heterocycles. The van der Waals surface area contributed by atoms with E-state index >= 15 is 0 Å². The second-order valence-electron chi connectivity index (χ2n) is 2.73. The number of rotatable bonds is 5. The first kappa shape index (κ1) is 13.3. The number of methoxy groups -OCH3 is 1. The Bertz CT molecular complexity index is 285. The zero-order valence-corrected chi connectivity index (χ0v) is 7.71. The second kappa shape index (κ2) is 4.71. The Morgan fingerprint density at radius 3 is 2.07 bits per heavy atom. The number of carbonyl (C=O) groups excluding carboxylic acids is 1. The molecule has 2 atom stereocenters. The summed E-state index contributed by atoms with van der Waals surface area (Å²) < 4.78 is 3.98. The van der Waals surface area contributed by atoms with Crippen molar-refractivity contribution in [3.63, 3.8) is 0 Å². The van der Waals surface area contributed by atoms with Crippen LogP contribution in [0.3, 0.4) is 0 Å². The molecule has 0 saturated carbocycles. The highest BCUT2D eigenvalue weighted by atomic mass is 16.5. The van der Waals surface area contributed by atoms with Crippen molar-refractivity contribution < 1.29 is 39.5 Å². The summed E-state index contributed by atoms with van der Waals surface area (Å²) in [6, 6.07) is 0. The summed E-state index contributed by atoms with van der Waals surface area (Å²) in [5.41, 5.74) is -3.10. The Morgan fingerprint density at radius 2 is 1.80 bits per heavy atom. The summed E-state index contributed by atoms with van der Waals surface area (Å²) in [5, 5.41) is 35.2. The van der Waals surface area contributed by atoms with Crippen LogP contribution in [-0.4, -0.2) is 57.1 Å². The molecule has 0 aromatic carbocycles. The molecule has 0 fully saturated rings. The number of esters is 1. The third-order valence-electron chi connectivity index (χ3n) is 1.67. The zero-order chi connectivity index (χ0) is 12.2. The first-order chi connectivity index (χ1) is 6.75. The van der Waals surface area contributed by atoms with E-state index in [1.165, 1.54) is 0 Å². The van der Waals surface area contributed by atoms with E-state index in [4.69, 9.17) is 15.3 Å². The first-order valence-electron chi connectivity index (χ1n) is 3.69. The molecule has 86 valence electrons. The molecule has 0 aliphatic rings. The summed E-state index contributed by atoms with van der Waals surface area (Å²) in [5.74, 6) is -5.13. The molecule has 0 spiro atoms. The van der Waals surface area contributed by atoms with Gasteiger partial charge in [0.25, 0.3) is 0 Å². The van der Waals surface area contributed by atoms with Crippen molar-refractivity contribution >= 4 is 17.9 Å². The van der Waals surface area contributed by atoms with Crippen LogP contribution in [0.15, 0.2) is 0 Å². The molecule has 0 amide bonds. The van der Waals surface area contributed by atoms with Gasteiger partial charge in [-0.3, -0.25) is 4.79 Å². The predicted octanol–water partition coefficient (Wildman–Crippen LogP) is -2.19. The van der Waals surface area contributed by atoms with Gasteiger partial charge in [0, 0.05) is 0 Å². The number of hydrogen-bond acceptors (Lipinski definition) is 6. The van der Waals surface area contributed by atoms with Crippen LogP contribution in [0, 0.1) is 0 Å². The minimum absolute atomic E-state index is 0.856. The van der Waals surface area contributed by atoms with Crippen molar-refractivity contribution in [2.45, 2.75) is 18.1 Å². The molecule has 0 aromatic heterocycles. The zero-order valence-electron chi connectivity index (χ0n) is 7.71. The lowest BCUT2D eigenvalue weighted by molar-refractivity contribution is -0.188. The van der Waals surface area contributed by atoms with Crippen LogP contribution >= 0.6 is 0 Å². The average molecular weight is 222 g/mol. The largest absolute Gasteiger partial charge is 0.481 e. The maximum absolute atomic E-state index is 10.8. The molecule has 15 heavy (non-hydrogen) atoms. The molecular formula is C7H10O8. The Balaban J connectivity index is 5.02. The minimum atomic E-state index is -3.10. The monoisotopic (exact) mass is 222 g/mol. The third kappa shape index (κ3) is 2.89. The molecular weight excluding hydrogens is 212 g/mol. The van der Waals surface area contributed by atoms with Crippen LogP contribution in [0.1, 0.15) is 6.42 Å². The van der Waals surface area contributed by atoms with Crippen molar-refractivity contribution in [2.75, 3.05) is 7.11 Å². The lowest BCUT2D eigenvalue weighted by Crippen LogP contribution is -2.54. The Hall–Kier alpha value is -1.67. The number of carboxylic acids is 2. The van der Waals surface area contributed by atoms with Crippen molar-refractivity contribution in [1.82, 2.24) is 0 Å². The van der Waals surface area contributed by atoms with E-state index < -0.39 is 36.0 Å². The normalized spacial score (nSPS) is 16.2. The molecule has 8 nitrogen and oxygen atoms in total. The highest BCUT2D eigenvalue weighted by Crippen LogP contribution is 2.17. The number of aliphatic hydroxyl groups excluding tert-OH is 1. The molecule has 0 aliphatic carbocycles. The Morgan fingerprint density at radius 1 is 1.33 bits per heavy atom. The van der Waals surface area contributed by atoms with E-state index in [0.717, 1.165) is 7.11 Å². The van der Waals surface area contributed by atoms with Gasteiger partial charge in [0.2, 0.25) is 5.60 Å². The highest BCUT2D eigenvalue weighted by Gasteiger charge is 2.50. The molecule has 0 bridgehead atoms. The topological polar surface area (TPSA) is 141 Å². The molecule has 0 radical (unpaired) electrons. The van der Waals surface area contributed by atoms with Crippen molar-refractivity contribution in [3.05, 3.63) is 0 Å². The van der Waals surface area contributed by atoms with Crippen LogP contribution < -0.4 is 0 Å². The minimum Gasteiger partial charge on any atom is -0.481 e. The Labute approximate surface area is 83.7 Å². The number of aliphatic carboxylic acids is 2. The molecule has 0 saturated heterocycles. The van der Waals surface area contributed by atoms with Gasteiger partial charge < -0.3 is 25.2 Å². The summed E-state index contributed by atoms with van der Waals surface area (Å²) in [6.07, 6.45) is -3.78. The Kier molecular flexibility index (Phi) is 4.19. The number of ether oxygens (including phenoxy) is 1. The van der Waals surface area contributed by atoms with Gasteiger partial charge in [-0.2, -0.15) is 0 Å². The maximum atomic E-state index is 10.8. The summed E-state index contributed by atoms with van der Waals surface area (Å²) in [7, 11) is 0.856. The molecule has 0 aromatic rings. The van der Waals surface area contributed by atoms with Crippen LogP contribution in [0.4, 0.5) is 0 Å². The number of carboxylic acid groups (broad SMARTS) is 2. The molecule has 4 N–H and O–H groups in total. The van der Waals surface area contributed by atoms with Gasteiger partial charge in [0.15, 0.2) is 6.10 Å². The predicted molar refractivity (Wildman–Crippen MR) is 42.9 cm³/mol. The van der Waals surface area contributed by atoms with Gasteiger partial charge in [-0.25, -0.2) is 9.59 Å². The van der Waals surface area contributed by atoms with E-state index in [-0.39, 0.29) is 0 Å². The quantitative estimate of drug-likeness (QED) is 0.384. The van der Waals surface area contributed by atoms with Crippen LogP contribution in [0.2, 0.25) is 0 Å². The summed E-state index contributed by atoms with van der Waals surface area (Å²) in [6.45, 7) is 0. The summed E-state index contributed by atoms with van der Waals surface area (Å²) in [4.78, 5) is 31.5. The number of carbonyl (C=O) groups is 3. The van der Waals surface area contributed by atoms with Gasteiger partial charge in [-0.05, 0) is 0 Å². The van der Waals surface area contributed by atoms with Gasteiger partial charge in [-0.1, -0.05) is 0 Å². The van der Waals surface area contributed by atoms with Crippen LogP contribution in [0.25, 0.3) is 0 Å². The molecule has 8 heteroatoms. The van der Waals surface area contributed by atoms with Crippen LogP contribution in [0.5, 0.6) is 0 Å². The summed E-state index contributed by atoms with van der Waals surface area (Å²) >= 11 is 0. The average Bonchev–Trinajstić information content (AvgIpc) is 2.13. The first-order valence-corrected chi connectivity index (χ1v) is 3.69. The lowest BCUT2D eigenvalue weighted by Gasteiger charge is -2.24.